The topological polar surface area (TPSA) is 32.7 Å². The highest BCUT2D eigenvalue weighted by Crippen LogP contribution is 2.28. The van der Waals surface area contributed by atoms with Gasteiger partial charge in [0.2, 0.25) is 0 Å². The zero-order valence-electron chi connectivity index (χ0n) is 13.8. The molecule has 0 spiro atoms. The smallest absolute Gasteiger partial charge is 0.127 e. The second-order valence-corrected chi connectivity index (χ2v) is 6.41. The summed E-state index contributed by atoms with van der Waals surface area (Å²) < 4.78 is 19.5. The number of hydrogen-bond acceptors (Lipinski definition) is 3. The number of rotatable bonds is 9. The van der Waals surface area contributed by atoms with Gasteiger partial charge in [-0.2, -0.15) is 0 Å². The fourth-order valence-corrected chi connectivity index (χ4v) is 2.84. The molecule has 1 fully saturated rings. The second kappa shape index (κ2) is 8.38. The van der Waals surface area contributed by atoms with Gasteiger partial charge in [0.15, 0.2) is 0 Å². The van der Waals surface area contributed by atoms with Crippen molar-refractivity contribution in [1.29, 1.82) is 0 Å². The van der Waals surface area contributed by atoms with Crippen molar-refractivity contribution in [3.8, 4) is 0 Å². The van der Waals surface area contributed by atoms with E-state index in [0.717, 1.165) is 18.4 Å². The minimum atomic E-state index is -0.568. The van der Waals surface area contributed by atoms with Gasteiger partial charge < -0.3 is 9.84 Å². The van der Waals surface area contributed by atoms with Gasteiger partial charge in [-0.05, 0) is 24.5 Å². The lowest BCUT2D eigenvalue weighted by atomic mass is 10.2. The van der Waals surface area contributed by atoms with Crippen LogP contribution in [0.4, 0.5) is 4.39 Å². The molecule has 0 heterocycles. The highest BCUT2D eigenvalue weighted by atomic mass is 19.1. The number of aliphatic hydroxyl groups is 1. The van der Waals surface area contributed by atoms with Gasteiger partial charge in [-0.25, -0.2) is 4.39 Å². The van der Waals surface area contributed by atoms with E-state index in [9.17, 15) is 9.50 Å². The molecule has 0 bridgehead atoms. The van der Waals surface area contributed by atoms with E-state index in [2.05, 4.69) is 4.90 Å². The lowest BCUT2D eigenvalue weighted by molar-refractivity contribution is 0.00690. The molecule has 0 aromatic heterocycles. The third-order valence-electron chi connectivity index (χ3n) is 4.26. The predicted octanol–water partition coefficient (Wildman–Crippen LogP) is 3.37. The number of aliphatic hydroxyl groups excluding tert-OH is 1. The minimum Gasteiger partial charge on any atom is -0.389 e. The van der Waals surface area contributed by atoms with Crippen molar-refractivity contribution >= 4 is 0 Å². The van der Waals surface area contributed by atoms with Crippen LogP contribution >= 0.6 is 0 Å². The fourth-order valence-electron chi connectivity index (χ4n) is 2.84. The summed E-state index contributed by atoms with van der Waals surface area (Å²) in [5.41, 5.74) is 1.77. The Bertz CT molecular complexity index is 631. The van der Waals surface area contributed by atoms with E-state index in [1.165, 1.54) is 6.07 Å². The zero-order valence-corrected chi connectivity index (χ0v) is 13.8. The predicted molar refractivity (Wildman–Crippen MR) is 91.9 cm³/mol. The van der Waals surface area contributed by atoms with E-state index in [1.54, 1.807) is 6.07 Å². The van der Waals surface area contributed by atoms with Gasteiger partial charge in [0.05, 0.1) is 19.3 Å². The zero-order chi connectivity index (χ0) is 16.8. The summed E-state index contributed by atoms with van der Waals surface area (Å²) in [5.74, 6) is -0.182. The molecule has 3 nitrogen and oxygen atoms in total. The van der Waals surface area contributed by atoms with Gasteiger partial charge in [-0.1, -0.05) is 48.5 Å². The van der Waals surface area contributed by atoms with Crippen LogP contribution in [-0.2, 0) is 17.9 Å². The maximum absolute atomic E-state index is 13.8. The Labute approximate surface area is 142 Å². The van der Waals surface area contributed by atoms with E-state index in [-0.39, 0.29) is 12.4 Å². The van der Waals surface area contributed by atoms with Gasteiger partial charge in [-0.3, -0.25) is 4.90 Å². The Morgan fingerprint density at radius 2 is 1.79 bits per heavy atom. The van der Waals surface area contributed by atoms with Crippen molar-refractivity contribution < 1.29 is 14.2 Å². The molecule has 1 N–H and O–H groups in total. The van der Waals surface area contributed by atoms with E-state index in [4.69, 9.17) is 4.74 Å². The first-order valence-corrected chi connectivity index (χ1v) is 8.49. The summed E-state index contributed by atoms with van der Waals surface area (Å²) >= 11 is 0. The fraction of sp³-hybridized carbons (Fsp3) is 0.400. The van der Waals surface area contributed by atoms with Crippen molar-refractivity contribution in [2.24, 2.45) is 0 Å². The summed E-state index contributed by atoms with van der Waals surface area (Å²) in [7, 11) is 0. The first-order chi connectivity index (χ1) is 11.7. The number of hydrogen-bond donors (Lipinski definition) is 1. The van der Waals surface area contributed by atoms with Crippen LogP contribution in [0, 0.1) is 5.82 Å². The molecule has 0 amide bonds. The Morgan fingerprint density at radius 1 is 1.08 bits per heavy atom. The molecular weight excluding hydrogens is 305 g/mol. The molecular formula is C20H24FNO2. The number of halogens is 1. The molecule has 0 saturated heterocycles. The Balaban J connectivity index is 1.47. The first kappa shape index (κ1) is 17.1. The van der Waals surface area contributed by atoms with Crippen LogP contribution in [0.2, 0.25) is 0 Å². The summed E-state index contributed by atoms with van der Waals surface area (Å²) in [4.78, 5) is 2.16. The van der Waals surface area contributed by atoms with Gasteiger partial charge in [-0.15, -0.1) is 0 Å². The Hall–Kier alpha value is -1.75. The van der Waals surface area contributed by atoms with Crippen LogP contribution in [0.1, 0.15) is 24.0 Å². The maximum atomic E-state index is 13.8. The van der Waals surface area contributed by atoms with Crippen molar-refractivity contribution in [2.75, 3.05) is 13.2 Å². The van der Waals surface area contributed by atoms with Crippen LogP contribution in [0.3, 0.4) is 0 Å². The summed E-state index contributed by atoms with van der Waals surface area (Å²) in [5, 5.41) is 10.3. The SMILES string of the molecule is O[C@H](COCc1ccccc1)CN(Cc1ccccc1F)C1CC1. The molecule has 4 heteroatoms. The molecule has 0 aliphatic heterocycles. The molecule has 1 atom stereocenters. The maximum Gasteiger partial charge on any atom is 0.127 e. The summed E-state index contributed by atoms with van der Waals surface area (Å²) in [6.45, 7) is 1.82. The normalized spacial score (nSPS) is 15.6. The third kappa shape index (κ3) is 5.13. The lowest BCUT2D eigenvalue weighted by Gasteiger charge is -2.25. The molecule has 0 radical (unpaired) electrons. The average molecular weight is 329 g/mol. The molecule has 1 saturated carbocycles. The molecule has 3 rings (SSSR count). The van der Waals surface area contributed by atoms with Crippen LogP contribution in [0.5, 0.6) is 0 Å². The first-order valence-electron chi connectivity index (χ1n) is 8.49. The minimum absolute atomic E-state index is 0.182. The van der Waals surface area contributed by atoms with Crippen molar-refractivity contribution in [3.05, 3.63) is 71.5 Å². The Kier molecular flexibility index (Phi) is 5.96. The van der Waals surface area contributed by atoms with Gasteiger partial charge in [0.25, 0.3) is 0 Å². The van der Waals surface area contributed by atoms with E-state index in [0.29, 0.717) is 31.3 Å². The highest BCUT2D eigenvalue weighted by molar-refractivity contribution is 5.17. The number of nitrogens with zero attached hydrogens (tertiary/aromatic N) is 1. The van der Waals surface area contributed by atoms with Crippen molar-refractivity contribution in [1.82, 2.24) is 4.90 Å². The van der Waals surface area contributed by atoms with Gasteiger partial charge in [0.1, 0.15) is 5.82 Å². The highest BCUT2D eigenvalue weighted by Gasteiger charge is 2.30. The van der Waals surface area contributed by atoms with Crippen LogP contribution in [0.15, 0.2) is 54.6 Å². The monoisotopic (exact) mass is 329 g/mol. The van der Waals surface area contributed by atoms with Crippen molar-refractivity contribution in [3.63, 3.8) is 0 Å². The molecule has 2 aromatic rings. The van der Waals surface area contributed by atoms with Crippen LogP contribution < -0.4 is 0 Å². The van der Waals surface area contributed by atoms with Crippen molar-refractivity contribution in [2.45, 2.75) is 38.1 Å². The van der Waals surface area contributed by atoms with E-state index < -0.39 is 6.10 Å². The van der Waals surface area contributed by atoms with Crippen LogP contribution in [-0.4, -0.2) is 35.3 Å². The number of benzene rings is 2. The van der Waals surface area contributed by atoms with E-state index in [1.807, 2.05) is 42.5 Å². The molecule has 1 aliphatic carbocycles. The van der Waals surface area contributed by atoms with E-state index >= 15 is 0 Å². The quantitative estimate of drug-likeness (QED) is 0.766. The van der Waals surface area contributed by atoms with Crippen LogP contribution in [0.25, 0.3) is 0 Å². The second-order valence-electron chi connectivity index (χ2n) is 6.41. The Morgan fingerprint density at radius 3 is 2.50 bits per heavy atom. The lowest BCUT2D eigenvalue weighted by Crippen LogP contribution is -2.36. The third-order valence-corrected chi connectivity index (χ3v) is 4.26. The molecule has 24 heavy (non-hydrogen) atoms. The van der Waals surface area contributed by atoms with Gasteiger partial charge in [0, 0.05) is 24.7 Å². The molecule has 1 aliphatic rings. The summed E-state index contributed by atoms with van der Waals surface area (Å²) in [6, 6.07) is 17.2. The molecule has 0 unspecified atom stereocenters. The standard InChI is InChI=1S/C20H24FNO2/c21-20-9-5-4-8-17(20)12-22(18-10-11-18)13-19(23)15-24-14-16-6-2-1-3-7-16/h1-9,18-19,23H,10-15H2/t19-/m0/s1. The number of ether oxygens (including phenoxy) is 1. The largest absolute Gasteiger partial charge is 0.389 e. The molecule has 128 valence electrons. The average Bonchev–Trinajstić information content (AvgIpc) is 3.42. The summed E-state index contributed by atoms with van der Waals surface area (Å²) in [6.07, 6.45) is 1.67. The molecule has 2 aromatic carbocycles. The van der Waals surface area contributed by atoms with Gasteiger partial charge >= 0.3 is 0 Å².